The SMILES string of the molecule is COc1cc(C)n(C)c(=O)c1-c1ccc(C(C)C(=O)O)n2ccnc12. The van der Waals surface area contributed by atoms with Gasteiger partial charge in [-0.05, 0) is 26.0 Å². The molecule has 3 aromatic heterocycles. The number of aliphatic carboxylic acids is 1. The molecule has 0 saturated carbocycles. The van der Waals surface area contributed by atoms with Crippen LogP contribution in [-0.4, -0.2) is 32.1 Å². The van der Waals surface area contributed by atoms with Gasteiger partial charge in [-0.1, -0.05) is 0 Å². The average Bonchev–Trinajstić information content (AvgIpc) is 3.08. The molecule has 3 rings (SSSR count). The third-order valence-corrected chi connectivity index (χ3v) is 4.52. The van der Waals surface area contributed by atoms with Crippen molar-refractivity contribution in [2.24, 2.45) is 7.05 Å². The second-order valence-electron chi connectivity index (χ2n) is 5.95. The van der Waals surface area contributed by atoms with Gasteiger partial charge in [0.1, 0.15) is 11.4 Å². The maximum Gasteiger partial charge on any atom is 0.312 e. The summed E-state index contributed by atoms with van der Waals surface area (Å²) in [6.07, 6.45) is 3.28. The summed E-state index contributed by atoms with van der Waals surface area (Å²) in [6.45, 7) is 3.44. The molecule has 130 valence electrons. The monoisotopic (exact) mass is 341 g/mol. The molecule has 1 unspecified atom stereocenters. The number of aryl methyl sites for hydroxylation is 1. The molecule has 0 radical (unpaired) electrons. The molecular formula is C18H19N3O4. The van der Waals surface area contributed by atoms with Gasteiger partial charge in [0, 0.05) is 42.5 Å². The van der Waals surface area contributed by atoms with Crippen molar-refractivity contribution in [1.82, 2.24) is 14.0 Å². The molecule has 7 heteroatoms. The van der Waals surface area contributed by atoms with Crippen molar-refractivity contribution in [3.05, 3.63) is 52.3 Å². The number of hydrogen-bond donors (Lipinski definition) is 1. The summed E-state index contributed by atoms with van der Waals surface area (Å²) >= 11 is 0. The highest BCUT2D eigenvalue weighted by Crippen LogP contribution is 2.31. The van der Waals surface area contributed by atoms with Crippen LogP contribution in [0.15, 0.2) is 35.4 Å². The zero-order chi connectivity index (χ0) is 18.3. The quantitative estimate of drug-likeness (QED) is 0.786. The molecule has 0 fully saturated rings. The molecule has 0 spiro atoms. The van der Waals surface area contributed by atoms with Crippen molar-refractivity contribution < 1.29 is 14.6 Å². The summed E-state index contributed by atoms with van der Waals surface area (Å²) in [5.74, 6) is -1.16. The lowest BCUT2D eigenvalue weighted by molar-refractivity contribution is -0.138. The van der Waals surface area contributed by atoms with E-state index < -0.39 is 11.9 Å². The summed E-state index contributed by atoms with van der Waals surface area (Å²) in [6, 6.07) is 5.23. The van der Waals surface area contributed by atoms with Crippen molar-refractivity contribution >= 4 is 11.6 Å². The van der Waals surface area contributed by atoms with Gasteiger partial charge >= 0.3 is 5.97 Å². The second kappa shape index (κ2) is 6.08. The predicted octanol–water partition coefficient (Wildman–Crippen LogP) is 2.21. The van der Waals surface area contributed by atoms with E-state index >= 15 is 0 Å². The molecule has 1 N–H and O–H groups in total. The van der Waals surface area contributed by atoms with E-state index in [9.17, 15) is 14.7 Å². The summed E-state index contributed by atoms with van der Waals surface area (Å²) < 4.78 is 8.66. The maximum atomic E-state index is 12.8. The number of imidazole rings is 1. The van der Waals surface area contributed by atoms with Gasteiger partial charge in [-0.25, -0.2) is 4.98 Å². The van der Waals surface area contributed by atoms with E-state index in [0.717, 1.165) is 5.69 Å². The van der Waals surface area contributed by atoms with E-state index in [1.807, 2.05) is 6.92 Å². The van der Waals surface area contributed by atoms with Crippen LogP contribution in [0.2, 0.25) is 0 Å². The van der Waals surface area contributed by atoms with E-state index in [0.29, 0.717) is 28.2 Å². The van der Waals surface area contributed by atoms with Gasteiger partial charge in [0.25, 0.3) is 5.56 Å². The van der Waals surface area contributed by atoms with Crippen LogP contribution in [0, 0.1) is 6.92 Å². The minimum absolute atomic E-state index is 0.194. The van der Waals surface area contributed by atoms with E-state index in [4.69, 9.17) is 4.74 Å². The van der Waals surface area contributed by atoms with Crippen LogP contribution in [0.1, 0.15) is 24.2 Å². The Morgan fingerprint density at radius 2 is 2.08 bits per heavy atom. The van der Waals surface area contributed by atoms with Crippen LogP contribution < -0.4 is 10.3 Å². The van der Waals surface area contributed by atoms with Gasteiger partial charge in [-0.3, -0.25) is 9.59 Å². The minimum atomic E-state index is -0.924. The Morgan fingerprint density at radius 3 is 2.72 bits per heavy atom. The standard InChI is InChI=1S/C18H19N3O4/c1-10-9-14(25-4)15(17(22)20(10)3)12-5-6-13(11(2)18(23)24)21-8-7-19-16(12)21/h5-9,11H,1-4H3,(H,23,24). The zero-order valence-electron chi connectivity index (χ0n) is 14.5. The predicted molar refractivity (Wildman–Crippen MR) is 93.2 cm³/mol. The molecule has 0 saturated heterocycles. The molecule has 3 heterocycles. The molecule has 25 heavy (non-hydrogen) atoms. The molecule has 3 aromatic rings. The van der Waals surface area contributed by atoms with Crippen molar-refractivity contribution in [2.75, 3.05) is 7.11 Å². The first-order valence-corrected chi connectivity index (χ1v) is 7.80. The number of pyridine rings is 2. The first kappa shape index (κ1) is 16.8. The average molecular weight is 341 g/mol. The van der Waals surface area contributed by atoms with E-state index in [-0.39, 0.29) is 5.56 Å². The number of carboxylic acid groups (broad SMARTS) is 1. The Balaban J connectivity index is 2.35. The Hall–Kier alpha value is -3.09. The highest BCUT2D eigenvalue weighted by Gasteiger charge is 2.22. The van der Waals surface area contributed by atoms with Crippen molar-refractivity contribution in [1.29, 1.82) is 0 Å². The smallest absolute Gasteiger partial charge is 0.312 e. The van der Waals surface area contributed by atoms with Crippen LogP contribution in [0.3, 0.4) is 0 Å². The summed E-state index contributed by atoms with van der Waals surface area (Å²) in [5.41, 5.74) is 2.70. The molecule has 0 aliphatic heterocycles. The van der Waals surface area contributed by atoms with Crippen LogP contribution in [0.4, 0.5) is 0 Å². The van der Waals surface area contributed by atoms with Gasteiger partial charge in [-0.2, -0.15) is 0 Å². The van der Waals surface area contributed by atoms with Gasteiger partial charge in [0.05, 0.1) is 18.6 Å². The van der Waals surface area contributed by atoms with Gasteiger partial charge < -0.3 is 18.8 Å². The Labute approximate surface area is 144 Å². The number of aromatic nitrogens is 3. The summed E-state index contributed by atoms with van der Waals surface area (Å²) in [4.78, 5) is 28.5. The van der Waals surface area contributed by atoms with Crippen molar-refractivity contribution in [3.8, 4) is 16.9 Å². The highest BCUT2D eigenvalue weighted by atomic mass is 16.5. The zero-order valence-corrected chi connectivity index (χ0v) is 14.5. The van der Waals surface area contributed by atoms with Crippen LogP contribution in [0.25, 0.3) is 16.8 Å². The molecule has 0 bridgehead atoms. The number of methoxy groups -OCH3 is 1. The molecular weight excluding hydrogens is 322 g/mol. The molecule has 0 aromatic carbocycles. The normalized spacial score (nSPS) is 12.3. The van der Waals surface area contributed by atoms with Gasteiger partial charge in [0.15, 0.2) is 0 Å². The number of carboxylic acids is 1. The number of carbonyl (C=O) groups is 1. The molecule has 7 nitrogen and oxygen atoms in total. The lowest BCUT2D eigenvalue weighted by Gasteiger charge is -2.15. The summed E-state index contributed by atoms with van der Waals surface area (Å²) in [5, 5.41) is 9.30. The number of hydrogen-bond acceptors (Lipinski definition) is 4. The minimum Gasteiger partial charge on any atom is -0.496 e. The van der Waals surface area contributed by atoms with Crippen LogP contribution >= 0.6 is 0 Å². The van der Waals surface area contributed by atoms with Crippen LogP contribution in [-0.2, 0) is 11.8 Å². The number of nitrogens with zero attached hydrogens (tertiary/aromatic N) is 3. The fourth-order valence-corrected chi connectivity index (χ4v) is 2.91. The fourth-order valence-electron chi connectivity index (χ4n) is 2.91. The Morgan fingerprint density at radius 1 is 1.36 bits per heavy atom. The van der Waals surface area contributed by atoms with Crippen molar-refractivity contribution in [3.63, 3.8) is 0 Å². The van der Waals surface area contributed by atoms with Gasteiger partial charge in [-0.15, -0.1) is 0 Å². The van der Waals surface area contributed by atoms with E-state index in [2.05, 4.69) is 4.98 Å². The van der Waals surface area contributed by atoms with E-state index in [1.165, 1.54) is 7.11 Å². The van der Waals surface area contributed by atoms with Crippen LogP contribution in [0.5, 0.6) is 5.75 Å². The lowest BCUT2D eigenvalue weighted by Crippen LogP contribution is -2.22. The number of fused-ring (bicyclic) bond motifs is 1. The fraction of sp³-hybridized carbons (Fsp3) is 0.278. The number of rotatable bonds is 4. The first-order chi connectivity index (χ1) is 11.9. The molecule has 0 aliphatic rings. The second-order valence-corrected chi connectivity index (χ2v) is 5.95. The van der Waals surface area contributed by atoms with Gasteiger partial charge in [0.2, 0.25) is 0 Å². The highest BCUT2D eigenvalue weighted by molar-refractivity contribution is 5.83. The Kier molecular flexibility index (Phi) is 4.08. The molecule has 0 amide bonds. The number of ether oxygens (including phenoxy) is 1. The maximum absolute atomic E-state index is 12.8. The summed E-state index contributed by atoms with van der Waals surface area (Å²) in [7, 11) is 3.21. The van der Waals surface area contributed by atoms with Crippen molar-refractivity contribution in [2.45, 2.75) is 19.8 Å². The van der Waals surface area contributed by atoms with E-state index in [1.54, 1.807) is 53.5 Å². The Bertz CT molecular complexity index is 1030. The third kappa shape index (κ3) is 2.57. The topological polar surface area (TPSA) is 85.8 Å². The molecule has 0 aliphatic carbocycles. The lowest BCUT2D eigenvalue weighted by atomic mass is 10.0. The third-order valence-electron chi connectivity index (χ3n) is 4.52. The molecule has 1 atom stereocenters. The largest absolute Gasteiger partial charge is 0.496 e. The first-order valence-electron chi connectivity index (χ1n) is 7.80.